The fourth-order valence-corrected chi connectivity index (χ4v) is 2.42. The van der Waals surface area contributed by atoms with Crippen molar-refractivity contribution in [3.05, 3.63) is 56.0 Å². The number of benzene rings is 1. The van der Waals surface area contributed by atoms with Gasteiger partial charge in [-0.1, -0.05) is 22.9 Å². The van der Waals surface area contributed by atoms with Gasteiger partial charge in [0.1, 0.15) is 17.2 Å². The summed E-state index contributed by atoms with van der Waals surface area (Å²) in [6.45, 7) is 1.77. The summed E-state index contributed by atoms with van der Waals surface area (Å²) < 4.78 is 15.7. The highest BCUT2D eigenvalue weighted by molar-refractivity contribution is 9.10. The Balaban J connectivity index is 2.61. The molecule has 0 saturated carbocycles. The van der Waals surface area contributed by atoms with Crippen LogP contribution in [-0.2, 0) is 13.5 Å². The van der Waals surface area contributed by atoms with Crippen LogP contribution in [0.1, 0.15) is 22.8 Å². The Morgan fingerprint density at radius 2 is 2.09 bits per heavy atom. The van der Waals surface area contributed by atoms with E-state index in [1.807, 2.05) is 0 Å². The number of aromatic carboxylic acids is 1. The number of carbonyl (C=O) groups is 1. The van der Waals surface area contributed by atoms with E-state index >= 15 is 0 Å². The number of anilines is 2. The number of aromatic nitrogens is 1. The molecule has 2 rings (SSSR count). The molecule has 0 amide bonds. The molecule has 1 aromatic heterocycles. The van der Waals surface area contributed by atoms with E-state index in [-0.39, 0.29) is 22.6 Å². The van der Waals surface area contributed by atoms with Gasteiger partial charge in [-0.3, -0.25) is 9.36 Å². The lowest BCUT2D eigenvalue weighted by molar-refractivity contribution is 0.0697. The second kappa shape index (κ2) is 6.31. The molecule has 0 aliphatic carbocycles. The molecule has 0 spiro atoms. The summed E-state index contributed by atoms with van der Waals surface area (Å²) in [4.78, 5) is 23.6. The van der Waals surface area contributed by atoms with Crippen LogP contribution in [0, 0.1) is 5.82 Å². The van der Waals surface area contributed by atoms with Gasteiger partial charge in [0.15, 0.2) is 0 Å². The highest BCUT2D eigenvalue weighted by Gasteiger charge is 2.18. The Bertz CT molecular complexity index is 802. The zero-order chi connectivity index (χ0) is 16.4. The summed E-state index contributed by atoms with van der Waals surface area (Å²) in [6, 6.07) is 5.65. The van der Waals surface area contributed by atoms with E-state index in [2.05, 4.69) is 21.2 Å². The highest BCUT2D eigenvalue weighted by Crippen LogP contribution is 2.25. The van der Waals surface area contributed by atoms with Gasteiger partial charge in [0, 0.05) is 17.1 Å². The first-order chi connectivity index (χ1) is 10.3. The Kier molecular flexibility index (Phi) is 4.65. The van der Waals surface area contributed by atoms with Crippen molar-refractivity contribution < 1.29 is 14.3 Å². The molecule has 7 heteroatoms. The van der Waals surface area contributed by atoms with Gasteiger partial charge >= 0.3 is 5.97 Å². The topological polar surface area (TPSA) is 71.3 Å². The fourth-order valence-electron chi connectivity index (χ4n) is 2.09. The maximum Gasteiger partial charge on any atom is 0.339 e. The van der Waals surface area contributed by atoms with Crippen molar-refractivity contribution in [1.82, 2.24) is 4.57 Å². The van der Waals surface area contributed by atoms with Crippen LogP contribution in [-0.4, -0.2) is 15.6 Å². The van der Waals surface area contributed by atoms with Crippen LogP contribution in [0.3, 0.4) is 0 Å². The predicted molar refractivity (Wildman–Crippen MR) is 85.4 cm³/mol. The Labute approximate surface area is 134 Å². The lowest BCUT2D eigenvalue weighted by atomic mass is 10.1. The molecule has 0 aliphatic heterocycles. The first-order valence-corrected chi connectivity index (χ1v) is 7.32. The molecule has 0 aliphatic rings. The van der Waals surface area contributed by atoms with Crippen LogP contribution in [0.5, 0.6) is 0 Å². The highest BCUT2D eigenvalue weighted by atomic mass is 79.9. The van der Waals surface area contributed by atoms with Crippen LogP contribution in [0.4, 0.5) is 15.9 Å². The van der Waals surface area contributed by atoms with Crippen LogP contribution in [0.25, 0.3) is 0 Å². The Hall–Kier alpha value is -2.15. The molecule has 0 saturated heterocycles. The second-order valence-corrected chi connectivity index (χ2v) is 5.62. The minimum absolute atomic E-state index is 0.0379. The lowest BCUT2D eigenvalue weighted by Gasteiger charge is -2.16. The molecule has 0 atom stereocenters. The van der Waals surface area contributed by atoms with Gasteiger partial charge in [-0.2, -0.15) is 0 Å². The summed E-state index contributed by atoms with van der Waals surface area (Å²) in [5.41, 5.74) is 0.0838. The van der Waals surface area contributed by atoms with E-state index in [0.29, 0.717) is 16.5 Å². The van der Waals surface area contributed by atoms with E-state index < -0.39 is 11.8 Å². The van der Waals surface area contributed by atoms with Gasteiger partial charge in [-0.15, -0.1) is 0 Å². The van der Waals surface area contributed by atoms with Crippen LogP contribution in [0.2, 0.25) is 0 Å². The first-order valence-electron chi connectivity index (χ1n) is 6.53. The number of halogens is 2. The zero-order valence-corrected chi connectivity index (χ0v) is 13.6. The van der Waals surface area contributed by atoms with Gasteiger partial charge in [0.25, 0.3) is 5.56 Å². The van der Waals surface area contributed by atoms with Gasteiger partial charge in [-0.25, -0.2) is 9.18 Å². The summed E-state index contributed by atoms with van der Waals surface area (Å²) >= 11 is 3.15. The molecular weight excluding hydrogens is 355 g/mol. The molecule has 2 aromatic rings. The number of aryl methyl sites for hydroxylation is 1. The van der Waals surface area contributed by atoms with E-state index in [1.54, 1.807) is 13.0 Å². The van der Waals surface area contributed by atoms with Gasteiger partial charge in [0.05, 0.1) is 5.69 Å². The molecule has 116 valence electrons. The van der Waals surface area contributed by atoms with Crippen LogP contribution < -0.4 is 10.9 Å². The molecule has 0 bridgehead atoms. The second-order valence-electron chi connectivity index (χ2n) is 4.70. The normalized spacial score (nSPS) is 10.5. The Morgan fingerprint density at radius 3 is 2.64 bits per heavy atom. The number of hydrogen-bond acceptors (Lipinski definition) is 3. The third-order valence-corrected chi connectivity index (χ3v) is 3.78. The zero-order valence-electron chi connectivity index (χ0n) is 12.0. The molecule has 22 heavy (non-hydrogen) atoms. The van der Waals surface area contributed by atoms with Crippen LogP contribution in [0.15, 0.2) is 33.5 Å². The fraction of sp³-hybridized carbons (Fsp3) is 0.200. The average Bonchev–Trinajstić information content (AvgIpc) is 2.46. The first kappa shape index (κ1) is 16.2. The summed E-state index contributed by atoms with van der Waals surface area (Å²) in [6.07, 6.45) is 0.417. The monoisotopic (exact) mass is 368 g/mol. The van der Waals surface area contributed by atoms with E-state index in [0.717, 1.165) is 0 Å². The largest absolute Gasteiger partial charge is 0.478 e. The molecular formula is C15H14BrFN2O3. The SMILES string of the molecule is CCc1cc(C(=O)O)c(Nc2ccc(Br)cc2F)n(C)c1=O. The number of hydrogen-bond donors (Lipinski definition) is 2. The van der Waals surface area contributed by atoms with E-state index in [1.165, 1.54) is 29.8 Å². The Morgan fingerprint density at radius 1 is 1.41 bits per heavy atom. The quantitative estimate of drug-likeness (QED) is 0.868. The molecule has 0 unspecified atom stereocenters. The predicted octanol–water partition coefficient (Wildman–Crippen LogP) is 3.29. The van der Waals surface area contributed by atoms with Crippen molar-refractivity contribution in [3.63, 3.8) is 0 Å². The molecule has 1 aromatic carbocycles. The summed E-state index contributed by atoms with van der Waals surface area (Å²) in [7, 11) is 1.45. The summed E-state index contributed by atoms with van der Waals surface area (Å²) in [5.74, 6) is -1.71. The van der Waals surface area contributed by atoms with Crippen LogP contribution >= 0.6 is 15.9 Å². The van der Waals surface area contributed by atoms with Crippen molar-refractivity contribution in [1.29, 1.82) is 0 Å². The number of nitrogens with zero attached hydrogens (tertiary/aromatic N) is 1. The molecule has 2 N–H and O–H groups in total. The molecule has 0 fully saturated rings. The smallest absolute Gasteiger partial charge is 0.339 e. The lowest BCUT2D eigenvalue weighted by Crippen LogP contribution is -2.25. The number of rotatable bonds is 4. The molecule has 0 radical (unpaired) electrons. The number of carboxylic acids is 1. The van der Waals surface area contributed by atoms with E-state index in [9.17, 15) is 19.1 Å². The minimum Gasteiger partial charge on any atom is -0.478 e. The van der Waals surface area contributed by atoms with E-state index in [4.69, 9.17) is 0 Å². The standard InChI is InChI=1S/C15H14BrFN2O3/c1-3-8-6-10(15(21)22)13(19(2)14(8)20)18-12-5-4-9(16)7-11(12)17/h4-7,18H,3H2,1-2H3,(H,21,22). The number of pyridine rings is 1. The maximum atomic E-state index is 13.9. The number of carboxylic acid groups (broad SMARTS) is 1. The maximum absolute atomic E-state index is 13.9. The van der Waals surface area contributed by atoms with Crippen molar-refractivity contribution in [2.75, 3.05) is 5.32 Å². The van der Waals surface area contributed by atoms with Gasteiger partial charge in [-0.05, 0) is 30.7 Å². The summed E-state index contributed by atoms with van der Waals surface area (Å²) in [5, 5.41) is 12.0. The molecule has 1 heterocycles. The minimum atomic E-state index is -1.19. The number of nitrogens with one attached hydrogen (secondary N) is 1. The van der Waals surface area contributed by atoms with Crippen molar-refractivity contribution >= 4 is 33.4 Å². The van der Waals surface area contributed by atoms with Crippen molar-refractivity contribution in [2.45, 2.75) is 13.3 Å². The third-order valence-electron chi connectivity index (χ3n) is 3.28. The van der Waals surface area contributed by atoms with Gasteiger partial charge < -0.3 is 10.4 Å². The van der Waals surface area contributed by atoms with Crippen molar-refractivity contribution in [2.24, 2.45) is 7.05 Å². The molecule has 5 nitrogen and oxygen atoms in total. The van der Waals surface area contributed by atoms with Gasteiger partial charge in [0.2, 0.25) is 0 Å². The third kappa shape index (κ3) is 3.04. The average molecular weight is 369 g/mol. The van der Waals surface area contributed by atoms with Crippen molar-refractivity contribution in [3.8, 4) is 0 Å².